The minimum Gasteiger partial charge on any atom is -0.374 e. The molecule has 0 saturated heterocycles. The maximum atomic E-state index is 12.2. The smallest absolute Gasteiger partial charge is 0.248 e. The number of hydrogen-bond acceptors (Lipinski definition) is 4. The normalized spacial score (nSPS) is 11.9. The van der Waals surface area contributed by atoms with Crippen LogP contribution in [-0.2, 0) is 4.79 Å². The largest absolute Gasteiger partial charge is 0.374 e. The van der Waals surface area contributed by atoms with Gasteiger partial charge in [-0.25, -0.2) is 0 Å². The topological polar surface area (TPSA) is 67.2 Å². The molecule has 1 heterocycles. The second kappa shape index (κ2) is 6.56. The lowest BCUT2D eigenvalue weighted by atomic mass is 10.2. The molecular formula is C14H16BrN3O2. The predicted molar refractivity (Wildman–Crippen MR) is 81.7 cm³/mol. The van der Waals surface area contributed by atoms with Crippen molar-refractivity contribution < 1.29 is 9.32 Å². The average Bonchev–Trinajstić information content (AvgIpc) is 2.83. The third-order valence-electron chi connectivity index (χ3n) is 2.79. The van der Waals surface area contributed by atoms with E-state index in [2.05, 4.69) is 31.7 Å². The lowest BCUT2D eigenvalue weighted by Crippen LogP contribution is -2.34. The predicted octanol–water partition coefficient (Wildman–Crippen LogP) is 3.57. The number of aryl methyl sites for hydroxylation is 1. The van der Waals surface area contributed by atoms with E-state index in [1.165, 1.54) is 0 Å². The first-order chi connectivity index (χ1) is 9.58. The van der Waals surface area contributed by atoms with Gasteiger partial charge in [0.25, 0.3) is 0 Å². The van der Waals surface area contributed by atoms with Gasteiger partial charge in [0.15, 0.2) is 5.82 Å². The molecule has 1 aromatic heterocycles. The monoisotopic (exact) mass is 337 g/mol. The van der Waals surface area contributed by atoms with Gasteiger partial charge in [0.1, 0.15) is 11.8 Å². The lowest BCUT2D eigenvalue weighted by Gasteiger charge is -2.17. The van der Waals surface area contributed by atoms with Crippen LogP contribution in [0.2, 0.25) is 0 Å². The first kappa shape index (κ1) is 14.6. The van der Waals surface area contributed by atoms with Crippen LogP contribution in [-0.4, -0.2) is 17.1 Å². The summed E-state index contributed by atoms with van der Waals surface area (Å²) < 4.78 is 5.92. The van der Waals surface area contributed by atoms with Crippen LogP contribution in [0.3, 0.4) is 0 Å². The van der Waals surface area contributed by atoms with E-state index in [0.29, 0.717) is 18.0 Å². The lowest BCUT2D eigenvalue weighted by molar-refractivity contribution is -0.117. The number of rotatable bonds is 5. The van der Waals surface area contributed by atoms with Crippen LogP contribution in [0, 0.1) is 6.92 Å². The van der Waals surface area contributed by atoms with Gasteiger partial charge in [-0.2, -0.15) is 0 Å². The van der Waals surface area contributed by atoms with Crippen LogP contribution >= 0.6 is 15.9 Å². The average molecular weight is 338 g/mol. The maximum Gasteiger partial charge on any atom is 0.248 e. The van der Waals surface area contributed by atoms with E-state index in [9.17, 15) is 4.79 Å². The third-order valence-corrected chi connectivity index (χ3v) is 3.32. The van der Waals surface area contributed by atoms with Crippen LogP contribution in [0.25, 0.3) is 0 Å². The number of nitrogens with one attached hydrogen (secondary N) is 2. The molecular weight excluding hydrogens is 322 g/mol. The van der Waals surface area contributed by atoms with Crippen molar-refractivity contribution in [3.63, 3.8) is 0 Å². The highest BCUT2D eigenvalue weighted by molar-refractivity contribution is 9.10. The molecule has 1 atom stereocenters. The fraction of sp³-hybridized carbons (Fsp3) is 0.286. The SMILES string of the molecule is CCC(Nc1ccc(Br)cc1)C(=O)Nc1cc(C)on1. The van der Waals surface area contributed by atoms with Crippen molar-refractivity contribution in [1.29, 1.82) is 0 Å². The number of amides is 1. The second-order valence-corrected chi connectivity index (χ2v) is 5.34. The Kier molecular flexibility index (Phi) is 4.79. The zero-order valence-electron chi connectivity index (χ0n) is 11.3. The molecule has 106 valence electrons. The van der Waals surface area contributed by atoms with E-state index in [1.807, 2.05) is 31.2 Å². The molecule has 1 amide bonds. The molecule has 0 aliphatic carbocycles. The Morgan fingerprint density at radius 2 is 2.10 bits per heavy atom. The fourth-order valence-electron chi connectivity index (χ4n) is 1.74. The van der Waals surface area contributed by atoms with Crippen molar-refractivity contribution in [3.8, 4) is 0 Å². The van der Waals surface area contributed by atoms with E-state index in [-0.39, 0.29) is 11.9 Å². The molecule has 5 nitrogen and oxygen atoms in total. The standard InChI is InChI=1S/C14H16BrN3O2/c1-3-12(16-11-6-4-10(15)5-7-11)14(19)17-13-8-9(2)20-18-13/h4-8,12,16H,3H2,1-2H3,(H,17,18,19). The van der Waals surface area contributed by atoms with Crippen molar-refractivity contribution in [1.82, 2.24) is 5.16 Å². The van der Waals surface area contributed by atoms with Crippen molar-refractivity contribution in [3.05, 3.63) is 40.6 Å². The van der Waals surface area contributed by atoms with Crippen LogP contribution in [0.4, 0.5) is 11.5 Å². The van der Waals surface area contributed by atoms with E-state index in [4.69, 9.17) is 4.52 Å². The minimum atomic E-state index is -0.326. The first-order valence-corrected chi connectivity index (χ1v) is 7.14. The Bertz CT molecular complexity index is 580. The molecule has 0 saturated carbocycles. The molecule has 20 heavy (non-hydrogen) atoms. The molecule has 0 radical (unpaired) electrons. The summed E-state index contributed by atoms with van der Waals surface area (Å²) in [5, 5.41) is 9.67. The number of carbonyl (C=O) groups is 1. The Labute approximate surface area is 125 Å². The van der Waals surface area contributed by atoms with Crippen molar-refractivity contribution in [2.24, 2.45) is 0 Å². The van der Waals surface area contributed by atoms with Gasteiger partial charge in [-0.05, 0) is 37.6 Å². The summed E-state index contributed by atoms with van der Waals surface area (Å²) in [4.78, 5) is 12.2. The summed E-state index contributed by atoms with van der Waals surface area (Å²) in [5.74, 6) is 0.960. The molecule has 1 aromatic carbocycles. The van der Waals surface area contributed by atoms with Crippen LogP contribution in [0.1, 0.15) is 19.1 Å². The van der Waals surface area contributed by atoms with E-state index >= 15 is 0 Å². The van der Waals surface area contributed by atoms with E-state index in [0.717, 1.165) is 10.2 Å². The Morgan fingerprint density at radius 1 is 1.40 bits per heavy atom. The maximum absolute atomic E-state index is 12.2. The van der Waals surface area contributed by atoms with Gasteiger partial charge in [0.2, 0.25) is 5.91 Å². The zero-order valence-corrected chi connectivity index (χ0v) is 12.9. The molecule has 1 unspecified atom stereocenters. The number of nitrogens with zero attached hydrogens (tertiary/aromatic N) is 1. The second-order valence-electron chi connectivity index (χ2n) is 4.42. The molecule has 2 N–H and O–H groups in total. The molecule has 0 aliphatic rings. The number of aromatic nitrogens is 1. The van der Waals surface area contributed by atoms with Gasteiger partial charge in [-0.1, -0.05) is 28.0 Å². The van der Waals surface area contributed by atoms with Gasteiger partial charge in [-0.15, -0.1) is 0 Å². The van der Waals surface area contributed by atoms with Crippen LogP contribution < -0.4 is 10.6 Å². The molecule has 6 heteroatoms. The van der Waals surface area contributed by atoms with Gasteiger partial charge < -0.3 is 15.2 Å². The Balaban J connectivity index is 2.00. The number of carbonyl (C=O) groups excluding carboxylic acids is 1. The number of anilines is 2. The van der Waals surface area contributed by atoms with Crippen LogP contribution in [0.5, 0.6) is 0 Å². The Hall–Kier alpha value is -1.82. The van der Waals surface area contributed by atoms with E-state index < -0.39 is 0 Å². The molecule has 0 fully saturated rings. The van der Waals surface area contributed by atoms with E-state index in [1.54, 1.807) is 13.0 Å². The molecule has 2 rings (SSSR count). The number of halogens is 1. The summed E-state index contributed by atoms with van der Waals surface area (Å²) >= 11 is 3.38. The molecule has 0 aliphatic heterocycles. The zero-order chi connectivity index (χ0) is 14.5. The quantitative estimate of drug-likeness (QED) is 0.875. The summed E-state index contributed by atoms with van der Waals surface area (Å²) in [6.45, 7) is 3.73. The molecule has 2 aromatic rings. The third kappa shape index (κ3) is 3.84. The summed E-state index contributed by atoms with van der Waals surface area (Å²) in [5.41, 5.74) is 0.895. The minimum absolute atomic E-state index is 0.135. The van der Waals surface area contributed by atoms with Gasteiger partial charge >= 0.3 is 0 Å². The highest BCUT2D eigenvalue weighted by Gasteiger charge is 2.17. The fourth-order valence-corrected chi connectivity index (χ4v) is 2.00. The molecule has 0 spiro atoms. The first-order valence-electron chi connectivity index (χ1n) is 6.34. The van der Waals surface area contributed by atoms with Crippen molar-refractivity contribution >= 4 is 33.3 Å². The van der Waals surface area contributed by atoms with Crippen molar-refractivity contribution in [2.45, 2.75) is 26.3 Å². The number of hydrogen-bond donors (Lipinski definition) is 2. The Morgan fingerprint density at radius 3 is 2.65 bits per heavy atom. The van der Waals surface area contributed by atoms with Crippen molar-refractivity contribution in [2.75, 3.05) is 10.6 Å². The van der Waals surface area contributed by atoms with Gasteiger partial charge in [0, 0.05) is 16.2 Å². The highest BCUT2D eigenvalue weighted by atomic mass is 79.9. The van der Waals surface area contributed by atoms with Gasteiger partial charge in [-0.3, -0.25) is 4.79 Å². The molecule has 0 bridgehead atoms. The van der Waals surface area contributed by atoms with Crippen LogP contribution in [0.15, 0.2) is 39.3 Å². The summed E-state index contributed by atoms with van der Waals surface area (Å²) in [7, 11) is 0. The van der Waals surface area contributed by atoms with Gasteiger partial charge in [0.05, 0.1) is 0 Å². The summed E-state index contributed by atoms with van der Waals surface area (Å²) in [6, 6.07) is 9.04. The highest BCUT2D eigenvalue weighted by Crippen LogP contribution is 2.16. The summed E-state index contributed by atoms with van der Waals surface area (Å²) in [6.07, 6.45) is 0.665. The number of benzene rings is 1.